The van der Waals surface area contributed by atoms with Crippen LogP contribution in [0.4, 0.5) is 0 Å². The number of carbonyl (C=O) groups excluding carboxylic acids is 2. The van der Waals surface area contributed by atoms with Crippen molar-refractivity contribution in [3.8, 4) is 0 Å². The molecule has 0 aromatic rings. The molecule has 0 unspecified atom stereocenters. The van der Waals surface area contributed by atoms with E-state index in [4.69, 9.17) is 0 Å². The number of hydrogen-bond acceptors (Lipinski definition) is 2. The highest BCUT2D eigenvalue weighted by molar-refractivity contribution is 5.78. The van der Waals surface area contributed by atoms with E-state index < -0.39 is 0 Å². The van der Waals surface area contributed by atoms with Crippen LogP contribution in [0, 0.1) is 0 Å². The van der Waals surface area contributed by atoms with E-state index in [2.05, 4.69) is 10.6 Å². The molecule has 14 heavy (non-hydrogen) atoms. The Morgan fingerprint density at radius 2 is 1.93 bits per heavy atom. The fraction of sp³-hybridized carbons (Fsp3) is 0.600. The van der Waals surface area contributed by atoms with Gasteiger partial charge in [-0.25, -0.2) is 0 Å². The molecule has 2 amide bonds. The average Bonchev–Trinajstić information content (AvgIpc) is 2.13. The highest BCUT2D eigenvalue weighted by Gasteiger charge is 2.21. The Bertz CT molecular complexity index is 271. The molecule has 0 spiro atoms. The first-order valence-corrected chi connectivity index (χ1v) is 4.95. The van der Waals surface area contributed by atoms with Crippen LogP contribution in [0.15, 0.2) is 11.8 Å². The van der Waals surface area contributed by atoms with Crippen LogP contribution in [0.5, 0.6) is 0 Å². The molecule has 1 rings (SSSR count). The first kappa shape index (κ1) is 10.8. The summed E-state index contributed by atoms with van der Waals surface area (Å²) in [7, 11) is 0. The zero-order valence-electron chi connectivity index (χ0n) is 8.59. The molecule has 1 aliphatic carbocycles. The monoisotopic (exact) mass is 196 g/mol. The van der Waals surface area contributed by atoms with Crippen LogP contribution in [-0.2, 0) is 9.59 Å². The minimum atomic E-state index is 0.0246. The fourth-order valence-electron chi connectivity index (χ4n) is 1.21. The summed E-state index contributed by atoms with van der Waals surface area (Å²) in [6, 6.07) is 0.106. The third kappa shape index (κ3) is 2.87. The molecule has 0 saturated heterocycles. The summed E-state index contributed by atoms with van der Waals surface area (Å²) in [5.41, 5.74) is 0.915. The van der Waals surface area contributed by atoms with Crippen LogP contribution in [0.1, 0.15) is 33.1 Å². The molecule has 0 bridgehead atoms. The molecule has 0 heterocycles. The van der Waals surface area contributed by atoms with Gasteiger partial charge in [-0.1, -0.05) is 13.8 Å². The summed E-state index contributed by atoms with van der Waals surface area (Å²) in [5.74, 6) is 0.0728. The predicted molar refractivity (Wildman–Crippen MR) is 53.4 cm³/mol. The standard InChI is InChI=1S/C10H16N2O2/c1-3-9(13)11-7-5-8(6-7)12-10(14)4-2/h5,7H,3-4,6H2,1-2H3,(H,11,13)(H,12,14)/t7-/m0/s1. The fourth-order valence-corrected chi connectivity index (χ4v) is 1.21. The lowest BCUT2D eigenvalue weighted by molar-refractivity contribution is -0.121. The van der Waals surface area contributed by atoms with Crippen LogP contribution < -0.4 is 10.6 Å². The second kappa shape index (κ2) is 4.79. The van der Waals surface area contributed by atoms with E-state index in [9.17, 15) is 9.59 Å². The number of nitrogens with one attached hydrogen (secondary N) is 2. The van der Waals surface area contributed by atoms with E-state index in [1.54, 1.807) is 0 Å². The van der Waals surface area contributed by atoms with Crippen molar-refractivity contribution < 1.29 is 9.59 Å². The molecule has 0 aliphatic heterocycles. The molecule has 1 aliphatic rings. The third-order valence-electron chi connectivity index (χ3n) is 2.13. The number of hydrogen-bond donors (Lipinski definition) is 2. The summed E-state index contributed by atoms with van der Waals surface area (Å²) in [5, 5.41) is 5.58. The van der Waals surface area contributed by atoms with Crippen LogP contribution in [0.3, 0.4) is 0 Å². The van der Waals surface area contributed by atoms with Gasteiger partial charge in [0.1, 0.15) is 0 Å². The first-order valence-electron chi connectivity index (χ1n) is 4.95. The van der Waals surface area contributed by atoms with E-state index in [-0.39, 0.29) is 17.9 Å². The molecule has 1 atom stereocenters. The lowest BCUT2D eigenvalue weighted by Crippen LogP contribution is -2.41. The molecule has 0 saturated carbocycles. The van der Waals surface area contributed by atoms with Gasteiger partial charge in [0.2, 0.25) is 11.8 Å². The maximum absolute atomic E-state index is 11.0. The van der Waals surface area contributed by atoms with Crippen LogP contribution in [0.2, 0.25) is 0 Å². The van der Waals surface area contributed by atoms with Crippen molar-refractivity contribution >= 4 is 11.8 Å². The van der Waals surface area contributed by atoms with Crippen molar-refractivity contribution in [2.45, 2.75) is 39.2 Å². The maximum Gasteiger partial charge on any atom is 0.223 e. The van der Waals surface area contributed by atoms with Crippen molar-refractivity contribution in [1.82, 2.24) is 10.6 Å². The number of amides is 2. The second-order valence-electron chi connectivity index (χ2n) is 3.33. The molecule has 0 aromatic heterocycles. The molecular formula is C10H16N2O2. The second-order valence-corrected chi connectivity index (χ2v) is 3.33. The van der Waals surface area contributed by atoms with Crippen molar-refractivity contribution in [3.05, 3.63) is 11.8 Å². The Balaban J connectivity index is 2.26. The van der Waals surface area contributed by atoms with Crippen LogP contribution in [-0.4, -0.2) is 17.9 Å². The Morgan fingerprint density at radius 3 is 2.43 bits per heavy atom. The smallest absolute Gasteiger partial charge is 0.223 e. The molecule has 78 valence electrons. The minimum absolute atomic E-state index is 0.0246. The predicted octanol–water partition coefficient (Wildman–Crippen LogP) is 0.695. The molecule has 0 fully saturated rings. The van der Waals surface area contributed by atoms with Crippen molar-refractivity contribution in [2.24, 2.45) is 0 Å². The summed E-state index contributed by atoms with van der Waals surface area (Å²) in [6.45, 7) is 3.63. The van der Waals surface area contributed by atoms with Crippen molar-refractivity contribution in [2.75, 3.05) is 0 Å². The quantitative estimate of drug-likeness (QED) is 0.695. The van der Waals surface area contributed by atoms with Crippen molar-refractivity contribution in [1.29, 1.82) is 0 Å². The molecule has 2 N–H and O–H groups in total. The molecule has 4 heteroatoms. The van der Waals surface area contributed by atoms with E-state index in [0.717, 1.165) is 12.1 Å². The highest BCUT2D eigenvalue weighted by Crippen LogP contribution is 2.16. The summed E-state index contributed by atoms with van der Waals surface area (Å²) in [4.78, 5) is 21.9. The van der Waals surface area contributed by atoms with E-state index >= 15 is 0 Å². The Hall–Kier alpha value is -1.32. The average molecular weight is 196 g/mol. The molecule has 0 aromatic carbocycles. The van der Waals surface area contributed by atoms with Gasteiger partial charge in [0.15, 0.2) is 0 Å². The van der Waals surface area contributed by atoms with Gasteiger partial charge in [0.05, 0.1) is 6.04 Å². The minimum Gasteiger partial charge on any atom is -0.349 e. The zero-order valence-corrected chi connectivity index (χ0v) is 8.59. The number of rotatable bonds is 4. The van der Waals surface area contributed by atoms with Gasteiger partial charge in [0, 0.05) is 25.0 Å². The van der Waals surface area contributed by atoms with Gasteiger partial charge >= 0.3 is 0 Å². The van der Waals surface area contributed by atoms with Gasteiger partial charge in [-0.15, -0.1) is 0 Å². The molecule has 4 nitrogen and oxygen atoms in total. The van der Waals surface area contributed by atoms with Gasteiger partial charge in [-0.05, 0) is 6.08 Å². The Labute approximate surface area is 83.8 Å². The third-order valence-corrected chi connectivity index (χ3v) is 2.13. The molecule has 0 radical (unpaired) electrons. The lowest BCUT2D eigenvalue weighted by Gasteiger charge is -2.26. The van der Waals surface area contributed by atoms with Crippen LogP contribution in [0.25, 0.3) is 0 Å². The van der Waals surface area contributed by atoms with Crippen LogP contribution >= 0.6 is 0 Å². The van der Waals surface area contributed by atoms with Crippen molar-refractivity contribution in [3.63, 3.8) is 0 Å². The molecular weight excluding hydrogens is 180 g/mol. The lowest BCUT2D eigenvalue weighted by atomic mass is 9.99. The van der Waals surface area contributed by atoms with Gasteiger partial charge < -0.3 is 10.6 Å². The summed E-state index contributed by atoms with van der Waals surface area (Å²) >= 11 is 0. The van der Waals surface area contributed by atoms with Gasteiger partial charge in [-0.2, -0.15) is 0 Å². The Kier molecular flexibility index (Phi) is 3.68. The highest BCUT2D eigenvalue weighted by atomic mass is 16.2. The maximum atomic E-state index is 11.0. The zero-order chi connectivity index (χ0) is 10.6. The normalized spacial score (nSPS) is 19.3. The van der Waals surface area contributed by atoms with Gasteiger partial charge in [0.25, 0.3) is 0 Å². The Morgan fingerprint density at radius 1 is 1.36 bits per heavy atom. The van der Waals surface area contributed by atoms with E-state index in [1.165, 1.54) is 0 Å². The SMILES string of the molecule is CCC(=O)NC1=C[C@H](NC(=O)CC)C1. The largest absolute Gasteiger partial charge is 0.349 e. The number of carbonyl (C=O) groups is 2. The van der Waals surface area contributed by atoms with Gasteiger partial charge in [-0.3, -0.25) is 9.59 Å². The topological polar surface area (TPSA) is 58.2 Å². The summed E-state index contributed by atoms with van der Waals surface area (Å²) < 4.78 is 0. The van der Waals surface area contributed by atoms with E-state index in [0.29, 0.717) is 12.8 Å². The summed E-state index contributed by atoms with van der Waals surface area (Å²) in [6.07, 6.45) is 3.60. The van der Waals surface area contributed by atoms with E-state index in [1.807, 2.05) is 19.9 Å². The first-order chi connectivity index (χ1) is 6.65.